The number of aryl methyl sites for hydroxylation is 1. The van der Waals surface area contributed by atoms with Crippen molar-refractivity contribution in [3.05, 3.63) is 46.9 Å². The van der Waals surface area contributed by atoms with E-state index in [1.807, 2.05) is 0 Å². The van der Waals surface area contributed by atoms with E-state index in [2.05, 4.69) is 15.3 Å². The predicted molar refractivity (Wildman–Crippen MR) is 96.4 cm³/mol. The maximum absolute atomic E-state index is 11.9. The fourth-order valence-corrected chi connectivity index (χ4v) is 2.90. The maximum Gasteiger partial charge on any atom is 0.268 e. The fraction of sp³-hybridized carbons (Fsp3) is 0.389. The van der Waals surface area contributed by atoms with Crippen LogP contribution in [0.2, 0.25) is 0 Å². The molecule has 1 fully saturated rings. The van der Waals surface area contributed by atoms with Crippen LogP contribution >= 0.6 is 0 Å². The molecule has 0 bridgehead atoms. The molecule has 26 heavy (non-hydrogen) atoms. The summed E-state index contributed by atoms with van der Waals surface area (Å²) in [6, 6.07) is 8.11. The van der Waals surface area contributed by atoms with Crippen LogP contribution in [0.1, 0.15) is 6.42 Å². The van der Waals surface area contributed by atoms with E-state index in [0.29, 0.717) is 12.5 Å². The summed E-state index contributed by atoms with van der Waals surface area (Å²) in [7, 11) is 1.62. The lowest BCUT2D eigenvalue weighted by atomic mass is 10.1. The van der Waals surface area contributed by atoms with Gasteiger partial charge in [-0.2, -0.15) is 5.10 Å². The number of nitrogens with one attached hydrogen (secondary N) is 1. The zero-order chi connectivity index (χ0) is 18.5. The van der Waals surface area contributed by atoms with Crippen LogP contribution in [-0.2, 0) is 11.8 Å². The number of nitrogens with zero attached hydrogens (tertiary/aromatic N) is 3. The quantitative estimate of drug-likeness (QED) is 0.781. The first-order valence-corrected chi connectivity index (χ1v) is 8.48. The van der Waals surface area contributed by atoms with Gasteiger partial charge in [0.25, 0.3) is 11.5 Å². The summed E-state index contributed by atoms with van der Waals surface area (Å²) in [5.41, 5.74) is 0.672. The number of anilines is 1. The van der Waals surface area contributed by atoms with Crippen molar-refractivity contribution in [3.63, 3.8) is 0 Å². The van der Waals surface area contributed by atoms with E-state index >= 15 is 0 Å². The number of ether oxygens (including phenoxy) is 1. The number of hydrogen-bond donors (Lipinski definition) is 2. The van der Waals surface area contributed by atoms with Gasteiger partial charge in [0.15, 0.2) is 18.1 Å². The molecule has 1 aliphatic heterocycles. The zero-order valence-electron chi connectivity index (χ0n) is 14.6. The smallest absolute Gasteiger partial charge is 0.268 e. The van der Waals surface area contributed by atoms with Gasteiger partial charge in [-0.15, -0.1) is 0 Å². The van der Waals surface area contributed by atoms with Crippen LogP contribution in [-0.4, -0.2) is 47.0 Å². The van der Waals surface area contributed by atoms with Crippen LogP contribution in [0, 0.1) is 5.92 Å². The molecule has 0 aliphatic carbocycles. The maximum atomic E-state index is 11.9. The largest absolute Gasteiger partial charge is 0.504 e. The summed E-state index contributed by atoms with van der Waals surface area (Å²) in [5, 5.41) is 16.5. The number of amides is 1. The molecule has 1 aliphatic rings. The normalized spacial score (nSPS) is 16.5. The topological polar surface area (TPSA) is 96.7 Å². The van der Waals surface area contributed by atoms with E-state index in [0.717, 1.165) is 25.2 Å². The number of carbonyl (C=O) groups excluding carboxylic acids is 1. The first-order chi connectivity index (χ1) is 12.5. The number of benzene rings is 1. The second-order valence-corrected chi connectivity index (χ2v) is 6.34. The second-order valence-electron chi connectivity index (χ2n) is 6.34. The van der Waals surface area contributed by atoms with E-state index in [4.69, 9.17) is 4.74 Å². The Morgan fingerprint density at radius 1 is 1.42 bits per heavy atom. The van der Waals surface area contributed by atoms with E-state index in [1.54, 1.807) is 37.5 Å². The molecular weight excluding hydrogens is 336 g/mol. The molecule has 2 N–H and O–H groups in total. The molecular formula is C18H22N4O4. The van der Waals surface area contributed by atoms with Crippen molar-refractivity contribution in [2.75, 3.05) is 31.1 Å². The van der Waals surface area contributed by atoms with Crippen molar-refractivity contribution in [2.24, 2.45) is 13.0 Å². The number of aromatic nitrogens is 2. The van der Waals surface area contributed by atoms with Crippen molar-refractivity contribution in [3.8, 4) is 11.5 Å². The molecule has 1 saturated heterocycles. The van der Waals surface area contributed by atoms with Gasteiger partial charge in [-0.05, 0) is 24.5 Å². The average molecular weight is 358 g/mol. The minimum atomic E-state index is -0.234. The van der Waals surface area contributed by atoms with E-state index < -0.39 is 0 Å². The third-order valence-corrected chi connectivity index (χ3v) is 4.42. The van der Waals surface area contributed by atoms with Crippen LogP contribution < -0.4 is 20.5 Å². The molecule has 1 aromatic heterocycles. The SMILES string of the molecule is Cn1ncc(N2CC[C@@H](CNC(=O)COc3ccccc3O)C2)cc1=O. The van der Waals surface area contributed by atoms with Crippen LogP contribution in [0.4, 0.5) is 5.69 Å². The molecule has 3 rings (SSSR count). The Kier molecular flexibility index (Phi) is 5.40. The van der Waals surface area contributed by atoms with Crippen molar-refractivity contribution in [2.45, 2.75) is 6.42 Å². The Morgan fingerprint density at radius 2 is 2.23 bits per heavy atom. The Balaban J connectivity index is 1.44. The molecule has 0 saturated carbocycles. The van der Waals surface area contributed by atoms with Crippen molar-refractivity contribution < 1.29 is 14.6 Å². The molecule has 0 spiro atoms. The van der Waals surface area contributed by atoms with Crippen LogP contribution in [0.15, 0.2) is 41.3 Å². The Labute approximate surface area is 151 Å². The Hall–Kier alpha value is -3.03. The van der Waals surface area contributed by atoms with Crippen LogP contribution in [0.3, 0.4) is 0 Å². The summed E-state index contributed by atoms with van der Waals surface area (Å²) in [4.78, 5) is 25.7. The van der Waals surface area contributed by atoms with Gasteiger partial charge in [0.05, 0.1) is 11.9 Å². The van der Waals surface area contributed by atoms with Crippen molar-refractivity contribution >= 4 is 11.6 Å². The van der Waals surface area contributed by atoms with Gasteiger partial charge in [0, 0.05) is 32.7 Å². The third kappa shape index (κ3) is 4.33. The average Bonchev–Trinajstić information content (AvgIpc) is 3.10. The van der Waals surface area contributed by atoms with Gasteiger partial charge in [0.1, 0.15) is 0 Å². The highest BCUT2D eigenvalue weighted by Crippen LogP contribution is 2.24. The molecule has 2 aromatic rings. The van der Waals surface area contributed by atoms with Crippen LogP contribution in [0.25, 0.3) is 0 Å². The Bertz CT molecular complexity index is 836. The number of hydrogen-bond acceptors (Lipinski definition) is 6. The molecule has 1 aromatic carbocycles. The summed E-state index contributed by atoms with van der Waals surface area (Å²) in [6.07, 6.45) is 2.61. The van der Waals surface area contributed by atoms with Gasteiger partial charge in [0.2, 0.25) is 0 Å². The van der Waals surface area contributed by atoms with E-state index in [-0.39, 0.29) is 29.6 Å². The highest BCUT2D eigenvalue weighted by atomic mass is 16.5. The number of aromatic hydroxyl groups is 1. The molecule has 1 atom stereocenters. The van der Waals surface area contributed by atoms with Gasteiger partial charge in [-0.1, -0.05) is 12.1 Å². The number of phenolic OH excluding ortho intramolecular Hbond substituents is 1. The first kappa shape index (κ1) is 17.8. The highest BCUT2D eigenvalue weighted by Gasteiger charge is 2.23. The number of para-hydroxylation sites is 2. The first-order valence-electron chi connectivity index (χ1n) is 8.48. The monoisotopic (exact) mass is 358 g/mol. The minimum absolute atomic E-state index is 0.00866. The lowest BCUT2D eigenvalue weighted by molar-refractivity contribution is -0.123. The lowest BCUT2D eigenvalue weighted by Gasteiger charge is -2.18. The summed E-state index contributed by atoms with van der Waals surface area (Å²) in [6.45, 7) is 1.98. The van der Waals surface area contributed by atoms with Crippen molar-refractivity contribution in [1.29, 1.82) is 0 Å². The molecule has 0 unspecified atom stereocenters. The summed E-state index contributed by atoms with van der Waals surface area (Å²) < 4.78 is 6.60. The molecule has 8 nitrogen and oxygen atoms in total. The van der Waals surface area contributed by atoms with E-state index in [9.17, 15) is 14.7 Å². The molecule has 0 radical (unpaired) electrons. The predicted octanol–water partition coefficient (Wildman–Crippen LogP) is 0.507. The molecule has 2 heterocycles. The van der Waals surface area contributed by atoms with Gasteiger partial charge >= 0.3 is 0 Å². The summed E-state index contributed by atoms with van der Waals surface area (Å²) in [5.74, 6) is 0.359. The van der Waals surface area contributed by atoms with Crippen LogP contribution in [0.5, 0.6) is 11.5 Å². The highest BCUT2D eigenvalue weighted by molar-refractivity contribution is 5.77. The number of phenols is 1. The molecule has 138 valence electrons. The Morgan fingerprint density at radius 3 is 3.00 bits per heavy atom. The second kappa shape index (κ2) is 7.90. The fourth-order valence-electron chi connectivity index (χ4n) is 2.90. The van der Waals surface area contributed by atoms with Gasteiger partial charge in [-0.3, -0.25) is 9.59 Å². The number of rotatable bonds is 6. The minimum Gasteiger partial charge on any atom is -0.504 e. The van der Waals surface area contributed by atoms with Gasteiger partial charge < -0.3 is 20.1 Å². The number of carbonyl (C=O) groups is 1. The molecule has 1 amide bonds. The van der Waals surface area contributed by atoms with E-state index in [1.165, 1.54) is 10.7 Å². The van der Waals surface area contributed by atoms with Gasteiger partial charge in [-0.25, -0.2) is 4.68 Å². The van der Waals surface area contributed by atoms with Crippen molar-refractivity contribution in [1.82, 2.24) is 15.1 Å². The standard InChI is InChI=1S/C18H22N4O4/c1-21-18(25)8-14(10-20-21)22-7-6-13(11-22)9-19-17(24)12-26-16-5-3-2-4-15(16)23/h2-5,8,10,13,23H,6-7,9,11-12H2,1H3,(H,19,24)/t13-/m0/s1. The third-order valence-electron chi connectivity index (χ3n) is 4.42. The summed E-state index contributed by atoms with van der Waals surface area (Å²) >= 11 is 0. The molecule has 8 heteroatoms. The zero-order valence-corrected chi connectivity index (χ0v) is 14.6. The lowest BCUT2D eigenvalue weighted by Crippen LogP contribution is -2.34.